The van der Waals surface area contributed by atoms with Crippen LogP contribution < -0.4 is 11.1 Å². The van der Waals surface area contributed by atoms with Crippen LogP contribution in [0.3, 0.4) is 0 Å². The SMILES string of the molecule is CNC(C)(CCCCOC1CCC(C)C(C)C1)C(N)=O. The Hall–Kier alpha value is -0.610. The van der Waals surface area contributed by atoms with E-state index in [2.05, 4.69) is 19.2 Å². The van der Waals surface area contributed by atoms with Gasteiger partial charge < -0.3 is 15.8 Å². The number of hydrogen-bond acceptors (Lipinski definition) is 3. The second-order valence-electron chi connectivity index (χ2n) is 6.66. The highest BCUT2D eigenvalue weighted by Gasteiger charge is 2.28. The summed E-state index contributed by atoms with van der Waals surface area (Å²) in [6.07, 6.45) is 6.82. The zero-order valence-corrected chi connectivity index (χ0v) is 13.6. The Bertz CT molecular complexity index is 309. The number of rotatable bonds is 8. The van der Waals surface area contributed by atoms with Crippen LogP contribution in [-0.2, 0) is 9.53 Å². The lowest BCUT2D eigenvalue weighted by atomic mass is 9.80. The fourth-order valence-electron chi connectivity index (χ4n) is 2.85. The number of unbranched alkanes of at least 4 members (excludes halogenated alkanes) is 1. The number of primary amides is 1. The molecular weight excluding hydrogens is 252 g/mol. The first-order chi connectivity index (χ1) is 9.39. The minimum Gasteiger partial charge on any atom is -0.378 e. The third-order valence-electron chi connectivity index (χ3n) is 5.07. The third kappa shape index (κ3) is 5.06. The van der Waals surface area contributed by atoms with Gasteiger partial charge in [0.05, 0.1) is 11.6 Å². The molecule has 0 aliphatic heterocycles. The van der Waals surface area contributed by atoms with Crippen LogP contribution in [0.5, 0.6) is 0 Å². The summed E-state index contributed by atoms with van der Waals surface area (Å²) in [6.45, 7) is 7.32. The molecule has 1 fully saturated rings. The maximum atomic E-state index is 11.4. The average molecular weight is 284 g/mol. The third-order valence-corrected chi connectivity index (χ3v) is 5.07. The molecule has 4 unspecified atom stereocenters. The van der Waals surface area contributed by atoms with E-state index in [-0.39, 0.29) is 5.91 Å². The number of nitrogens with one attached hydrogen (secondary N) is 1. The molecule has 0 aromatic carbocycles. The standard InChI is InChI=1S/C16H32N2O2/c1-12-7-8-14(11-13(12)2)20-10-6-5-9-16(3,18-4)15(17)19/h12-14,18H,5-11H2,1-4H3,(H2,17,19). The quantitative estimate of drug-likeness (QED) is 0.673. The van der Waals surface area contributed by atoms with Crippen molar-refractivity contribution in [2.24, 2.45) is 17.6 Å². The van der Waals surface area contributed by atoms with Gasteiger partial charge in [0.1, 0.15) is 0 Å². The molecule has 1 aliphatic rings. The Morgan fingerprint density at radius 2 is 2.00 bits per heavy atom. The normalized spacial score (nSPS) is 29.9. The summed E-state index contributed by atoms with van der Waals surface area (Å²) < 4.78 is 5.97. The molecule has 1 rings (SSSR count). The van der Waals surface area contributed by atoms with Crippen molar-refractivity contribution in [3.8, 4) is 0 Å². The zero-order valence-electron chi connectivity index (χ0n) is 13.6. The Morgan fingerprint density at radius 1 is 1.30 bits per heavy atom. The van der Waals surface area contributed by atoms with Gasteiger partial charge in [0, 0.05) is 6.61 Å². The molecule has 20 heavy (non-hydrogen) atoms. The summed E-state index contributed by atoms with van der Waals surface area (Å²) in [7, 11) is 1.78. The fraction of sp³-hybridized carbons (Fsp3) is 0.938. The summed E-state index contributed by atoms with van der Waals surface area (Å²) >= 11 is 0. The fourth-order valence-corrected chi connectivity index (χ4v) is 2.85. The highest BCUT2D eigenvalue weighted by molar-refractivity contribution is 5.84. The molecule has 4 heteroatoms. The van der Waals surface area contributed by atoms with Gasteiger partial charge in [-0.1, -0.05) is 13.8 Å². The van der Waals surface area contributed by atoms with Gasteiger partial charge in [-0.15, -0.1) is 0 Å². The van der Waals surface area contributed by atoms with Crippen molar-refractivity contribution in [1.29, 1.82) is 0 Å². The summed E-state index contributed by atoms with van der Waals surface area (Å²) in [6, 6.07) is 0. The molecule has 4 nitrogen and oxygen atoms in total. The first kappa shape index (κ1) is 17.4. The lowest BCUT2D eigenvalue weighted by molar-refractivity contribution is -0.123. The first-order valence-corrected chi connectivity index (χ1v) is 7.99. The lowest BCUT2D eigenvalue weighted by Gasteiger charge is -2.32. The van der Waals surface area contributed by atoms with Crippen LogP contribution in [0, 0.1) is 11.8 Å². The molecule has 1 aliphatic carbocycles. The zero-order chi connectivity index (χ0) is 15.2. The van der Waals surface area contributed by atoms with Gasteiger partial charge in [-0.05, 0) is 64.3 Å². The van der Waals surface area contributed by atoms with Gasteiger partial charge >= 0.3 is 0 Å². The molecule has 1 saturated carbocycles. The van der Waals surface area contributed by atoms with Crippen molar-refractivity contribution in [2.75, 3.05) is 13.7 Å². The Balaban J connectivity index is 2.15. The topological polar surface area (TPSA) is 64.3 Å². The summed E-state index contributed by atoms with van der Waals surface area (Å²) in [5.41, 5.74) is 4.82. The van der Waals surface area contributed by atoms with Gasteiger partial charge in [-0.3, -0.25) is 4.79 Å². The molecule has 0 aromatic heterocycles. The van der Waals surface area contributed by atoms with Crippen LogP contribution in [0.2, 0.25) is 0 Å². The first-order valence-electron chi connectivity index (χ1n) is 7.99. The van der Waals surface area contributed by atoms with Crippen LogP contribution in [0.25, 0.3) is 0 Å². The maximum Gasteiger partial charge on any atom is 0.237 e. The summed E-state index contributed by atoms with van der Waals surface area (Å²) in [4.78, 5) is 11.4. The smallest absolute Gasteiger partial charge is 0.237 e. The summed E-state index contributed by atoms with van der Waals surface area (Å²) in [5.74, 6) is 1.33. The van der Waals surface area contributed by atoms with E-state index in [0.717, 1.165) is 37.7 Å². The lowest BCUT2D eigenvalue weighted by Crippen LogP contribution is -2.51. The van der Waals surface area contributed by atoms with Crippen molar-refractivity contribution in [3.05, 3.63) is 0 Å². The maximum absolute atomic E-state index is 11.4. The van der Waals surface area contributed by atoms with Gasteiger partial charge in [0.2, 0.25) is 5.91 Å². The molecule has 0 heterocycles. The van der Waals surface area contributed by atoms with E-state index in [1.165, 1.54) is 19.3 Å². The molecule has 0 aromatic rings. The second kappa shape index (κ2) is 7.99. The van der Waals surface area contributed by atoms with E-state index < -0.39 is 5.54 Å². The van der Waals surface area contributed by atoms with Crippen LogP contribution in [0.1, 0.15) is 59.3 Å². The van der Waals surface area contributed by atoms with Crippen molar-refractivity contribution < 1.29 is 9.53 Å². The molecule has 118 valence electrons. The Labute approximate surface area is 123 Å². The largest absolute Gasteiger partial charge is 0.378 e. The van der Waals surface area contributed by atoms with E-state index in [1.807, 2.05) is 6.92 Å². The minimum atomic E-state index is -0.589. The monoisotopic (exact) mass is 284 g/mol. The van der Waals surface area contributed by atoms with E-state index in [0.29, 0.717) is 6.10 Å². The highest BCUT2D eigenvalue weighted by Crippen LogP contribution is 2.31. The van der Waals surface area contributed by atoms with Crippen LogP contribution >= 0.6 is 0 Å². The van der Waals surface area contributed by atoms with Crippen LogP contribution in [0.15, 0.2) is 0 Å². The number of carbonyl (C=O) groups excluding carboxylic acids is 1. The number of likely N-dealkylation sites (N-methyl/N-ethyl adjacent to an activating group) is 1. The predicted molar refractivity (Wildman–Crippen MR) is 82.4 cm³/mol. The molecule has 1 amide bonds. The minimum absolute atomic E-state index is 0.281. The number of ether oxygens (including phenoxy) is 1. The Kier molecular flexibility index (Phi) is 6.96. The molecule has 0 radical (unpaired) electrons. The number of nitrogens with two attached hydrogens (primary N) is 1. The van der Waals surface area contributed by atoms with E-state index >= 15 is 0 Å². The Morgan fingerprint density at radius 3 is 2.55 bits per heavy atom. The van der Waals surface area contributed by atoms with Gasteiger partial charge in [0.25, 0.3) is 0 Å². The average Bonchev–Trinajstić information content (AvgIpc) is 2.41. The van der Waals surface area contributed by atoms with Crippen LogP contribution in [0.4, 0.5) is 0 Å². The van der Waals surface area contributed by atoms with Gasteiger partial charge in [-0.2, -0.15) is 0 Å². The van der Waals surface area contributed by atoms with Gasteiger partial charge in [0.15, 0.2) is 0 Å². The van der Waals surface area contributed by atoms with E-state index in [1.54, 1.807) is 7.05 Å². The molecular formula is C16H32N2O2. The number of carbonyl (C=O) groups is 1. The van der Waals surface area contributed by atoms with Gasteiger partial charge in [-0.25, -0.2) is 0 Å². The molecule has 0 saturated heterocycles. The second-order valence-corrected chi connectivity index (χ2v) is 6.66. The van der Waals surface area contributed by atoms with Crippen molar-refractivity contribution in [3.63, 3.8) is 0 Å². The van der Waals surface area contributed by atoms with Crippen molar-refractivity contribution >= 4 is 5.91 Å². The predicted octanol–water partition coefficient (Wildman–Crippen LogP) is 2.46. The van der Waals surface area contributed by atoms with Crippen molar-refractivity contribution in [1.82, 2.24) is 5.32 Å². The van der Waals surface area contributed by atoms with Crippen molar-refractivity contribution in [2.45, 2.75) is 70.9 Å². The molecule has 3 N–H and O–H groups in total. The molecule has 0 spiro atoms. The van der Waals surface area contributed by atoms with E-state index in [4.69, 9.17) is 10.5 Å². The van der Waals surface area contributed by atoms with Crippen LogP contribution in [-0.4, -0.2) is 31.2 Å². The highest BCUT2D eigenvalue weighted by atomic mass is 16.5. The van der Waals surface area contributed by atoms with E-state index in [9.17, 15) is 4.79 Å². The number of hydrogen-bond donors (Lipinski definition) is 2. The molecule has 4 atom stereocenters. The molecule has 0 bridgehead atoms. The summed E-state index contributed by atoms with van der Waals surface area (Å²) in [5, 5.41) is 3.01. The number of amides is 1.